The van der Waals surface area contributed by atoms with E-state index < -0.39 is 0 Å². The first-order valence-corrected chi connectivity index (χ1v) is 19.4. The highest BCUT2D eigenvalue weighted by Gasteiger charge is 2.43. The van der Waals surface area contributed by atoms with Gasteiger partial charge in [-0.1, -0.05) is 137 Å². The number of para-hydroxylation sites is 3. The van der Waals surface area contributed by atoms with Gasteiger partial charge in [-0.05, 0) is 116 Å². The van der Waals surface area contributed by atoms with E-state index in [2.05, 4.69) is 207 Å². The van der Waals surface area contributed by atoms with E-state index in [1.165, 1.54) is 77.3 Å². The molecular weight excluding hydrogens is 653 g/mol. The molecule has 7 aromatic carbocycles. The van der Waals surface area contributed by atoms with Crippen LogP contribution in [-0.4, -0.2) is 4.57 Å². The Hall–Kier alpha value is -6.12. The van der Waals surface area contributed by atoms with E-state index in [1.807, 2.05) is 0 Å². The fourth-order valence-corrected chi connectivity index (χ4v) is 10.4. The molecule has 0 saturated heterocycles. The van der Waals surface area contributed by atoms with Crippen molar-refractivity contribution in [3.63, 3.8) is 0 Å². The average Bonchev–Trinajstić information content (AvgIpc) is 3.65. The van der Waals surface area contributed by atoms with Gasteiger partial charge in [0.2, 0.25) is 0 Å². The maximum absolute atomic E-state index is 2.54. The number of aromatic nitrogens is 1. The molecule has 1 aromatic heterocycles. The van der Waals surface area contributed by atoms with E-state index in [4.69, 9.17) is 0 Å². The number of hydrogen-bond acceptors (Lipinski definition) is 1. The summed E-state index contributed by atoms with van der Waals surface area (Å²) in [4.78, 5) is 2.37. The lowest BCUT2D eigenvalue weighted by Gasteiger charge is -2.44. The molecule has 0 N–H and O–H groups in total. The molecule has 0 fully saturated rings. The fraction of sp³-hybridized carbons (Fsp3) is 0.154. The van der Waals surface area contributed by atoms with Crippen LogP contribution in [-0.2, 0) is 10.8 Å². The van der Waals surface area contributed by atoms with Crippen molar-refractivity contribution in [2.24, 2.45) is 5.92 Å². The lowest BCUT2D eigenvalue weighted by molar-refractivity contribution is 0.347. The van der Waals surface area contributed by atoms with Crippen molar-refractivity contribution in [3.8, 4) is 16.8 Å². The lowest BCUT2D eigenvalue weighted by Crippen LogP contribution is -2.36. The third kappa shape index (κ3) is 4.23. The Kier molecular flexibility index (Phi) is 6.51. The summed E-state index contributed by atoms with van der Waals surface area (Å²) in [5.41, 5.74) is 15.4. The number of rotatable bonds is 4. The predicted octanol–water partition coefficient (Wildman–Crippen LogP) is 13.8. The topological polar surface area (TPSA) is 8.17 Å². The largest absolute Gasteiger partial charge is 0.310 e. The first-order valence-electron chi connectivity index (χ1n) is 19.4. The zero-order valence-electron chi connectivity index (χ0n) is 31.2. The second-order valence-corrected chi connectivity index (χ2v) is 16.6. The molecule has 8 aromatic rings. The molecule has 2 atom stereocenters. The zero-order valence-corrected chi connectivity index (χ0v) is 31.2. The van der Waals surface area contributed by atoms with Gasteiger partial charge in [-0.25, -0.2) is 0 Å². The van der Waals surface area contributed by atoms with Crippen molar-refractivity contribution in [1.82, 2.24) is 4.57 Å². The summed E-state index contributed by atoms with van der Waals surface area (Å²) in [6, 6.07) is 54.2. The molecule has 11 rings (SSSR count). The van der Waals surface area contributed by atoms with Gasteiger partial charge in [0.15, 0.2) is 0 Å². The van der Waals surface area contributed by atoms with Gasteiger partial charge < -0.3 is 9.47 Å². The van der Waals surface area contributed by atoms with Gasteiger partial charge in [-0.15, -0.1) is 0 Å². The minimum Gasteiger partial charge on any atom is -0.310 e. The molecule has 3 aliphatic carbocycles. The monoisotopic (exact) mass is 694 g/mol. The molecule has 0 amide bonds. The molecule has 0 spiro atoms. The Labute approximate surface area is 317 Å². The highest BCUT2D eigenvalue weighted by molar-refractivity contribution is 6.17. The minimum absolute atomic E-state index is 0.0319. The molecule has 2 heteroatoms. The highest BCUT2D eigenvalue weighted by atomic mass is 15.1. The molecule has 0 bridgehead atoms. The smallest absolute Gasteiger partial charge is 0.0550 e. The normalized spacial score (nSPS) is 18.5. The summed E-state index contributed by atoms with van der Waals surface area (Å²) in [6.07, 6.45) is 9.43. The number of benzene rings is 7. The third-order valence-electron chi connectivity index (χ3n) is 13.0. The maximum Gasteiger partial charge on any atom is 0.0550 e. The second kappa shape index (κ2) is 11.2. The molecule has 1 heterocycles. The van der Waals surface area contributed by atoms with Gasteiger partial charge in [-0.3, -0.25) is 0 Å². The lowest BCUT2D eigenvalue weighted by atomic mass is 9.59. The molecule has 0 aliphatic heterocycles. The summed E-state index contributed by atoms with van der Waals surface area (Å²) in [6.45, 7) is 9.67. The van der Waals surface area contributed by atoms with Gasteiger partial charge in [-0.2, -0.15) is 0 Å². The van der Waals surface area contributed by atoms with Crippen LogP contribution in [0.2, 0.25) is 0 Å². The van der Waals surface area contributed by atoms with Crippen LogP contribution >= 0.6 is 0 Å². The van der Waals surface area contributed by atoms with Crippen molar-refractivity contribution < 1.29 is 0 Å². The van der Waals surface area contributed by atoms with Crippen molar-refractivity contribution in [2.45, 2.75) is 44.4 Å². The van der Waals surface area contributed by atoms with Crippen molar-refractivity contribution >= 4 is 49.6 Å². The summed E-state index contributed by atoms with van der Waals surface area (Å²) in [5, 5.41) is 5.50. The van der Waals surface area contributed by atoms with Crippen LogP contribution in [0.3, 0.4) is 0 Å². The van der Waals surface area contributed by atoms with E-state index in [-0.39, 0.29) is 10.8 Å². The zero-order chi connectivity index (χ0) is 36.3. The van der Waals surface area contributed by atoms with Crippen molar-refractivity contribution in [3.05, 3.63) is 192 Å². The van der Waals surface area contributed by atoms with Crippen LogP contribution in [0, 0.1) is 5.92 Å². The fourth-order valence-electron chi connectivity index (χ4n) is 10.4. The number of nitrogens with zero attached hydrogens (tertiary/aromatic N) is 2. The first kappa shape index (κ1) is 31.4. The predicted molar refractivity (Wildman–Crippen MR) is 228 cm³/mol. The molecule has 3 aliphatic rings. The van der Waals surface area contributed by atoms with Gasteiger partial charge >= 0.3 is 0 Å². The van der Waals surface area contributed by atoms with Crippen LogP contribution < -0.4 is 4.90 Å². The van der Waals surface area contributed by atoms with Gasteiger partial charge in [0, 0.05) is 44.9 Å². The van der Waals surface area contributed by atoms with Crippen LogP contribution in [0.5, 0.6) is 0 Å². The van der Waals surface area contributed by atoms with Crippen LogP contribution in [0.15, 0.2) is 170 Å². The van der Waals surface area contributed by atoms with Crippen LogP contribution in [0.1, 0.15) is 55.9 Å². The van der Waals surface area contributed by atoms with Crippen molar-refractivity contribution in [1.29, 1.82) is 0 Å². The van der Waals surface area contributed by atoms with E-state index in [0.717, 1.165) is 11.4 Å². The van der Waals surface area contributed by atoms with Crippen molar-refractivity contribution in [2.75, 3.05) is 4.90 Å². The standard InChI is InChI=1S/C52H42N2/c1-51(2)42-23-13-11-21-40(42)50-48-33(16-15-24-43(48)51)30-47-49(50)41-22-12-14-25-46(41)54(47)37-27-29-39-38-28-26-36(31-44(38)52(3,4)45(39)32-37)53(34-17-7-5-8-18-34)35-19-9-6-10-20-35/h5-32,40,42H,1-4H3. The second-order valence-electron chi connectivity index (χ2n) is 16.6. The van der Waals surface area contributed by atoms with Crippen LogP contribution in [0.4, 0.5) is 17.1 Å². The molecule has 260 valence electrons. The first-order chi connectivity index (χ1) is 26.3. The van der Waals surface area contributed by atoms with Gasteiger partial charge in [0.25, 0.3) is 0 Å². The number of anilines is 3. The SMILES string of the molecule is CC1(C)c2cc(N(c3ccccc3)c3ccccc3)ccc2-c2ccc(-n3c4ccccc4c4c5c6c(cccc6cc43)C(C)(C)C3C=CC=CC53)cc21. The maximum atomic E-state index is 2.54. The number of allylic oxidation sites excluding steroid dienone is 4. The minimum atomic E-state index is -0.194. The Morgan fingerprint density at radius 2 is 1.19 bits per heavy atom. The summed E-state index contributed by atoms with van der Waals surface area (Å²) in [5.74, 6) is 0.719. The highest BCUT2D eigenvalue weighted by Crippen LogP contribution is 2.56. The summed E-state index contributed by atoms with van der Waals surface area (Å²) < 4.78 is 2.54. The van der Waals surface area contributed by atoms with E-state index >= 15 is 0 Å². The third-order valence-corrected chi connectivity index (χ3v) is 13.0. The molecular formula is C52H42N2. The molecule has 0 saturated carbocycles. The quantitative estimate of drug-likeness (QED) is 0.178. The van der Waals surface area contributed by atoms with Gasteiger partial charge in [0.05, 0.1) is 11.0 Å². The van der Waals surface area contributed by atoms with E-state index in [0.29, 0.717) is 11.8 Å². The number of hydrogen-bond donors (Lipinski definition) is 0. The number of fused-ring (bicyclic) bond motifs is 9. The van der Waals surface area contributed by atoms with Crippen LogP contribution in [0.25, 0.3) is 49.4 Å². The molecule has 2 unspecified atom stereocenters. The molecule has 2 nitrogen and oxygen atoms in total. The Bertz CT molecular complexity index is 2850. The Morgan fingerprint density at radius 3 is 1.94 bits per heavy atom. The Balaban J connectivity index is 1.11. The Morgan fingerprint density at radius 1 is 0.519 bits per heavy atom. The summed E-state index contributed by atoms with van der Waals surface area (Å²) >= 11 is 0. The average molecular weight is 695 g/mol. The van der Waals surface area contributed by atoms with Gasteiger partial charge in [0.1, 0.15) is 0 Å². The molecule has 0 radical (unpaired) electrons. The summed E-state index contributed by atoms with van der Waals surface area (Å²) in [7, 11) is 0. The van der Waals surface area contributed by atoms with E-state index in [9.17, 15) is 0 Å². The van der Waals surface area contributed by atoms with E-state index in [1.54, 1.807) is 0 Å². The molecule has 54 heavy (non-hydrogen) atoms.